The molecular weight excluding hydrogens is 271 g/mol. The van der Waals surface area contributed by atoms with E-state index in [0.717, 1.165) is 18.3 Å². The Balaban J connectivity index is 2.66. The molecule has 0 spiro atoms. The maximum absolute atomic E-state index is 13.5. The first-order chi connectivity index (χ1) is 8.84. The lowest BCUT2D eigenvalue weighted by molar-refractivity contribution is -0.143. The van der Waals surface area contributed by atoms with Crippen molar-refractivity contribution in [2.75, 3.05) is 0 Å². The van der Waals surface area contributed by atoms with Crippen LogP contribution in [0, 0.1) is 11.6 Å². The molecule has 0 amide bonds. The molecule has 0 saturated carbocycles. The lowest BCUT2D eigenvalue weighted by atomic mass is 10.2. The molecule has 3 nitrogen and oxygen atoms in total. The van der Waals surface area contributed by atoms with Crippen molar-refractivity contribution in [2.45, 2.75) is 12.8 Å². The van der Waals surface area contributed by atoms with E-state index in [9.17, 15) is 22.0 Å². The van der Waals surface area contributed by atoms with Crippen LogP contribution in [0.15, 0.2) is 24.4 Å². The fourth-order valence-corrected chi connectivity index (χ4v) is 1.64. The van der Waals surface area contributed by atoms with Crippen molar-refractivity contribution < 1.29 is 27.1 Å². The smallest absolute Gasteiger partial charge is 0.392 e. The van der Waals surface area contributed by atoms with Gasteiger partial charge >= 0.3 is 6.18 Å². The van der Waals surface area contributed by atoms with Gasteiger partial charge in [-0.25, -0.2) is 13.5 Å². The second-order valence-electron chi connectivity index (χ2n) is 3.68. The molecule has 1 aromatic carbocycles. The first-order valence-electron chi connectivity index (χ1n) is 5.05. The molecule has 1 aromatic heterocycles. The molecule has 0 unspecified atom stereocenters. The van der Waals surface area contributed by atoms with Crippen LogP contribution in [0.1, 0.15) is 11.3 Å². The number of rotatable bonds is 2. The van der Waals surface area contributed by atoms with Crippen LogP contribution in [-0.2, 0) is 12.8 Å². The van der Waals surface area contributed by atoms with Crippen molar-refractivity contribution >= 4 is 0 Å². The van der Waals surface area contributed by atoms with E-state index in [4.69, 9.17) is 5.11 Å². The zero-order chi connectivity index (χ0) is 14.2. The quantitative estimate of drug-likeness (QED) is 0.858. The maximum Gasteiger partial charge on any atom is 0.433 e. The average Bonchev–Trinajstić information content (AvgIpc) is 2.72. The van der Waals surface area contributed by atoms with E-state index in [1.807, 2.05) is 0 Å². The summed E-state index contributed by atoms with van der Waals surface area (Å²) in [6.45, 7) is -0.891. The average molecular weight is 278 g/mol. The van der Waals surface area contributed by atoms with Crippen molar-refractivity contribution in [3.8, 4) is 5.69 Å². The molecule has 0 fully saturated rings. The number of halogens is 5. The van der Waals surface area contributed by atoms with Crippen molar-refractivity contribution in [3.63, 3.8) is 0 Å². The summed E-state index contributed by atoms with van der Waals surface area (Å²) in [4.78, 5) is 0. The molecule has 1 heterocycles. The number of hydrogen-bond donors (Lipinski definition) is 1. The van der Waals surface area contributed by atoms with Crippen LogP contribution >= 0.6 is 0 Å². The number of aliphatic hydroxyl groups is 1. The number of aromatic nitrogens is 2. The molecule has 102 valence electrons. The van der Waals surface area contributed by atoms with Crippen LogP contribution in [0.5, 0.6) is 0 Å². The van der Waals surface area contributed by atoms with Crippen LogP contribution in [0.25, 0.3) is 5.69 Å². The predicted octanol–water partition coefficient (Wildman–Crippen LogP) is 2.66. The highest BCUT2D eigenvalue weighted by atomic mass is 19.4. The Hall–Kier alpha value is -1.96. The van der Waals surface area contributed by atoms with Gasteiger partial charge in [0.05, 0.1) is 12.8 Å². The van der Waals surface area contributed by atoms with Gasteiger partial charge in [-0.1, -0.05) is 0 Å². The molecule has 0 radical (unpaired) electrons. The molecule has 2 rings (SSSR count). The number of aliphatic hydroxyl groups excluding tert-OH is 1. The second kappa shape index (κ2) is 4.61. The normalized spacial score (nSPS) is 11.9. The third-order valence-electron chi connectivity index (χ3n) is 2.42. The minimum atomic E-state index is -4.82. The summed E-state index contributed by atoms with van der Waals surface area (Å²) >= 11 is 0. The number of benzene rings is 1. The summed E-state index contributed by atoms with van der Waals surface area (Å²) in [5.74, 6) is -2.09. The lowest BCUT2D eigenvalue weighted by Gasteiger charge is -2.12. The third kappa shape index (κ3) is 2.43. The molecule has 19 heavy (non-hydrogen) atoms. The molecule has 0 aliphatic carbocycles. The summed E-state index contributed by atoms with van der Waals surface area (Å²) in [7, 11) is 0. The van der Waals surface area contributed by atoms with Gasteiger partial charge in [0.25, 0.3) is 0 Å². The van der Waals surface area contributed by atoms with E-state index in [1.165, 1.54) is 0 Å². The minimum absolute atomic E-state index is 0.292. The first-order valence-corrected chi connectivity index (χ1v) is 5.05. The largest absolute Gasteiger partial charge is 0.433 e. The molecule has 0 saturated heterocycles. The van der Waals surface area contributed by atoms with Crippen molar-refractivity contribution in [1.29, 1.82) is 0 Å². The number of nitrogens with zero attached hydrogens (tertiary/aromatic N) is 2. The van der Waals surface area contributed by atoms with Gasteiger partial charge in [-0.3, -0.25) is 0 Å². The van der Waals surface area contributed by atoms with Crippen LogP contribution in [-0.4, -0.2) is 14.9 Å². The van der Waals surface area contributed by atoms with Crippen molar-refractivity contribution in [1.82, 2.24) is 9.78 Å². The van der Waals surface area contributed by atoms with Crippen molar-refractivity contribution in [3.05, 3.63) is 47.3 Å². The van der Waals surface area contributed by atoms with Gasteiger partial charge < -0.3 is 5.11 Å². The molecular formula is C11H7F5N2O. The predicted molar refractivity (Wildman–Crippen MR) is 54.4 cm³/mol. The third-order valence-corrected chi connectivity index (χ3v) is 2.42. The molecule has 2 aromatic rings. The molecule has 1 N–H and O–H groups in total. The Morgan fingerprint density at radius 3 is 2.42 bits per heavy atom. The lowest BCUT2D eigenvalue weighted by Crippen LogP contribution is -2.16. The summed E-state index contributed by atoms with van der Waals surface area (Å²) in [5, 5.41) is 12.2. The maximum atomic E-state index is 13.5. The summed E-state index contributed by atoms with van der Waals surface area (Å²) in [6.07, 6.45) is -4.04. The Morgan fingerprint density at radius 2 is 1.89 bits per heavy atom. The molecule has 0 aliphatic heterocycles. The Morgan fingerprint density at radius 1 is 1.21 bits per heavy atom. The van der Waals surface area contributed by atoms with Gasteiger partial charge in [0.15, 0.2) is 11.5 Å². The van der Waals surface area contributed by atoms with Crippen LogP contribution in [0.4, 0.5) is 22.0 Å². The van der Waals surface area contributed by atoms with Gasteiger partial charge in [0.1, 0.15) is 11.5 Å². The zero-order valence-electron chi connectivity index (χ0n) is 9.25. The van der Waals surface area contributed by atoms with E-state index in [2.05, 4.69) is 5.10 Å². The highest BCUT2D eigenvalue weighted by molar-refractivity contribution is 5.37. The van der Waals surface area contributed by atoms with Crippen LogP contribution < -0.4 is 0 Å². The topological polar surface area (TPSA) is 38.1 Å². The minimum Gasteiger partial charge on any atom is -0.392 e. The van der Waals surface area contributed by atoms with Gasteiger partial charge in [-0.2, -0.15) is 18.3 Å². The molecule has 0 bridgehead atoms. The van der Waals surface area contributed by atoms with E-state index >= 15 is 0 Å². The van der Waals surface area contributed by atoms with E-state index < -0.39 is 41.4 Å². The summed E-state index contributed by atoms with van der Waals surface area (Å²) in [5.41, 5.74) is -2.33. The van der Waals surface area contributed by atoms with E-state index in [1.54, 1.807) is 0 Å². The summed E-state index contributed by atoms with van der Waals surface area (Å²) < 4.78 is 65.1. The van der Waals surface area contributed by atoms with Crippen molar-refractivity contribution in [2.24, 2.45) is 0 Å². The molecule has 0 aliphatic rings. The van der Waals surface area contributed by atoms with E-state index in [-0.39, 0.29) is 0 Å². The summed E-state index contributed by atoms with van der Waals surface area (Å²) in [6, 6.07) is 2.11. The SMILES string of the molecule is OCc1cnn(-c2ccc(F)cc2F)c1C(F)(F)F. The highest BCUT2D eigenvalue weighted by Gasteiger charge is 2.38. The van der Waals surface area contributed by atoms with Crippen LogP contribution in [0.2, 0.25) is 0 Å². The van der Waals surface area contributed by atoms with Gasteiger partial charge in [0.2, 0.25) is 0 Å². The van der Waals surface area contributed by atoms with Gasteiger partial charge in [-0.05, 0) is 12.1 Å². The molecule has 8 heteroatoms. The highest BCUT2D eigenvalue weighted by Crippen LogP contribution is 2.34. The fraction of sp³-hybridized carbons (Fsp3) is 0.182. The first kappa shape index (κ1) is 13.5. The Bertz CT molecular complexity index is 606. The number of alkyl halides is 3. The monoisotopic (exact) mass is 278 g/mol. The molecule has 0 atom stereocenters. The second-order valence-corrected chi connectivity index (χ2v) is 3.68. The van der Waals surface area contributed by atoms with Gasteiger partial charge in [0, 0.05) is 11.6 Å². The standard InChI is InChI=1S/C11H7F5N2O/c12-7-1-2-9(8(13)3-7)18-10(11(14,15)16)6(5-19)4-17-18/h1-4,19H,5H2. The Kier molecular flexibility index (Phi) is 3.27. The van der Waals surface area contributed by atoms with Gasteiger partial charge in [-0.15, -0.1) is 0 Å². The van der Waals surface area contributed by atoms with E-state index in [0.29, 0.717) is 10.7 Å². The fourth-order valence-electron chi connectivity index (χ4n) is 1.64. The van der Waals surface area contributed by atoms with Crippen LogP contribution in [0.3, 0.4) is 0 Å². The number of hydrogen-bond acceptors (Lipinski definition) is 2. The zero-order valence-corrected chi connectivity index (χ0v) is 9.25. The Labute approximate surface area is 103 Å².